The van der Waals surface area contributed by atoms with E-state index in [0.29, 0.717) is 41.8 Å². The standard InChI is InChI=1S/C13H16Cl2N2O2/c1-13(19)7-17(8-13)5-4-12(18)16-11-6-9(14)2-3-10(11)15/h2-3,6,19H,4-5,7-8H2,1H3,(H,16,18). The van der Waals surface area contributed by atoms with E-state index < -0.39 is 5.60 Å². The molecule has 1 heterocycles. The number of hydrogen-bond acceptors (Lipinski definition) is 3. The Kier molecular flexibility index (Phi) is 4.36. The first-order valence-corrected chi connectivity index (χ1v) is 6.81. The highest BCUT2D eigenvalue weighted by atomic mass is 35.5. The molecule has 0 saturated carbocycles. The topological polar surface area (TPSA) is 52.6 Å². The van der Waals surface area contributed by atoms with E-state index in [1.165, 1.54) is 0 Å². The van der Waals surface area contributed by atoms with Gasteiger partial charge in [0, 0.05) is 31.1 Å². The van der Waals surface area contributed by atoms with E-state index in [1.54, 1.807) is 25.1 Å². The average molecular weight is 303 g/mol. The summed E-state index contributed by atoms with van der Waals surface area (Å²) in [6.07, 6.45) is 0.360. The van der Waals surface area contributed by atoms with Crippen molar-refractivity contribution in [2.24, 2.45) is 0 Å². The number of β-amino-alcohol motifs (C(OH)–C–C–N with tert-alkyl or cyclic N) is 1. The minimum Gasteiger partial charge on any atom is -0.388 e. The molecule has 19 heavy (non-hydrogen) atoms. The number of benzene rings is 1. The lowest BCUT2D eigenvalue weighted by atomic mass is 9.97. The Hall–Kier alpha value is -0.810. The van der Waals surface area contributed by atoms with Gasteiger partial charge in [0.25, 0.3) is 0 Å². The van der Waals surface area contributed by atoms with Crippen molar-refractivity contribution < 1.29 is 9.90 Å². The molecule has 1 aromatic rings. The zero-order valence-corrected chi connectivity index (χ0v) is 12.1. The quantitative estimate of drug-likeness (QED) is 0.898. The SMILES string of the molecule is CC1(O)CN(CCC(=O)Nc2cc(Cl)ccc2Cl)C1. The van der Waals surface area contributed by atoms with Crippen LogP contribution in [-0.2, 0) is 4.79 Å². The van der Waals surface area contributed by atoms with Gasteiger partial charge in [0.15, 0.2) is 0 Å². The molecule has 0 radical (unpaired) electrons. The van der Waals surface area contributed by atoms with Gasteiger partial charge in [0.2, 0.25) is 5.91 Å². The van der Waals surface area contributed by atoms with Gasteiger partial charge in [-0.05, 0) is 25.1 Å². The molecular formula is C13H16Cl2N2O2. The molecule has 1 aromatic carbocycles. The first kappa shape index (κ1) is 14.6. The summed E-state index contributed by atoms with van der Waals surface area (Å²) < 4.78 is 0. The molecule has 0 bridgehead atoms. The van der Waals surface area contributed by atoms with Crippen LogP contribution in [0.3, 0.4) is 0 Å². The summed E-state index contributed by atoms with van der Waals surface area (Å²) in [4.78, 5) is 13.8. The molecule has 0 aromatic heterocycles. The molecule has 104 valence electrons. The van der Waals surface area contributed by atoms with Gasteiger partial charge in [-0.2, -0.15) is 0 Å². The minimum absolute atomic E-state index is 0.115. The van der Waals surface area contributed by atoms with Crippen LogP contribution in [0.4, 0.5) is 5.69 Å². The molecule has 0 spiro atoms. The Morgan fingerprint density at radius 2 is 2.16 bits per heavy atom. The van der Waals surface area contributed by atoms with Gasteiger partial charge >= 0.3 is 0 Å². The molecule has 2 rings (SSSR count). The number of anilines is 1. The van der Waals surface area contributed by atoms with E-state index in [0.717, 1.165) is 0 Å². The van der Waals surface area contributed by atoms with Gasteiger partial charge in [-0.25, -0.2) is 0 Å². The highest BCUT2D eigenvalue weighted by Gasteiger charge is 2.35. The molecule has 0 atom stereocenters. The fourth-order valence-corrected chi connectivity index (χ4v) is 2.48. The Bertz CT molecular complexity index is 484. The Balaban J connectivity index is 1.80. The lowest BCUT2D eigenvalue weighted by molar-refractivity contribution is -0.119. The van der Waals surface area contributed by atoms with Crippen LogP contribution >= 0.6 is 23.2 Å². The molecule has 4 nitrogen and oxygen atoms in total. The highest BCUT2D eigenvalue weighted by Crippen LogP contribution is 2.25. The second kappa shape index (κ2) is 5.67. The molecule has 0 aliphatic carbocycles. The maximum Gasteiger partial charge on any atom is 0.225 e. The molecule has 1 saturated heterocycles. The molecule has 1 amide bonds. The van der Waals surface area contributed by atoms with Crippen molar-refractivity contribution in [3.63, 3.8) is 0 Å². The van der Waals surface area contributed by atoms with Gasteiger partial charge in [-0.15, -0.1) is 0 Å². The number of nitrogens with zero attached hydrogens (tertiary/aromatic N) is 1. The van der Waals surface area contributed by atoms with Crippen molar-refractivity contribution in [2.45, 2.75) is 18.9 Å². The number of amides is 1. The third-order valence-corrected chi connectivity index (χ3v) is 3.55. The van der Waals surface area contributed by atoms with Crippen molar-refractivity contribution >= 4 is 34.8 Å². The lowest BCUT2D eigenvalue weighted by Gasteiger charge is -2.44. The monoisotopic (exact) mass is 302 g/mol. The van der Waals surface area contributed by atoms with E-state index in [4.69, 9.17) is 23.2 Å². The smallest absolute Gasteiger partial charge is 0.225 e. The zero-order chi connectivity index (χ0) is 14.0. The van der Waals surface area contributed by atoms with Crippen LogP contribution in [0.5, 0.6) is 0 Å². The third-order valence-electron chi connectivity index (χ3n) is 2.99. The summed E-state index contributed by atoms with van der Waals surface area (Å²) in [5.41, 5.74) is -0.0815. The molecule has 2 N–H and O–H groups in total. The minimum atomic E-state index is -0.604. The Morgan fingerprint density at radius 3 is 2.79 bits per heavy atom. The zero-order valence-electron chi connectivity index (χ0n) is 10.6. The van der Waals surface area contributed by atoms with Gasteiger partial charge in [0.1, 0.15) is 0 Å². The predicted octanol–water partition coefficient (Wildman–Crippen LogP) is 2.39. The van der Waals surface area contributed by atoms with E-state index in [9.17, 15) is 9.90 Å². The summed E-state index contributed by atoms with van der Waals surface area (Å²) in [5, 5.41) is 13.3. The summed E-state index contributed by atoms with van der Waals surface area (Å²) in [6.45, 7) is 3.63. The van der Waals surface area contributed by atoms with E-state index in [2.05, 4.69) is 5.32 Å². The Morgan fingerprint density at radius 1 is 1.47 bits per heavy atom. The van der Waals surface area contributed by atoms with E-state index in [-0.39, 0.29) is 5.91 Å². The number of nitrogens with one attached hydrogen (secondary N) is 1. The van der Waals surface area contributed by atoms with Gasteiger partial charge in [-0.1, -0.05) is 23.2 Å². The third kappa shape index (κ3) is 4.08. The average Bonchev–Trinajstić information content (AvgIpc) is 2.28. The van der Waals surface area contributed by atoms with Crippen LogP contribution in [0.15, 0.2) is 18.2 Å². The molecule has 1 aliphatic rings. The molecule has 1 fully saturated rings. The number of aliphatic hydroxyl groups is 1. The molecular weight excluding hydrogens is 287 g/mol. The van der Waals surface area contributed by atoms with Gasteiger partial charge < -0.3 is 10.4 Å². The van der Waals surface area contributed by atoms with Crippen LogP contribution in [0.1, 0.15) is 13.3 Å². The number of hydrogen-bond donors (Lipinski definition) is 2. The normalized spacial score (nSPS) is 17.9. The summed E-state index contributed by atoms with van der Waals surface area (Å²) in [5.74, 6) is -0.115. The summed E-state index contributed by atoms with van der Waals surface area (Å²) in [7, 11) is 0. The largest absolute Gasteiger partial charge is 0.388 e. The lowest BCUT2D eigenvalue weighted by Crippen LogP contribution is -2.60. The maximum atomic E-state index is 11.8. The number of carbonyl (C=O) groups excluding carboxylic acids is 1. The Labute approximate surface area is 122 Å². The fraction of sp³-hybridized carbons (Fsp3) is 0.462. The second-order valence-electron chi connectivity index (χ2n) is 5.13. The highest BCUT2D eigenvalue weighted by molar-refractivity contribution is 6.35. The van der Waals surface area contributed by atoms with Gasteiger partial charge in [-0.3, -0.25) is 9.69 Å². The van der Waals surface area contributed by atoms with Crippen molar-refractivity contribution in [2.75, 3.05) is 25.0 Å². The summed E-state index contributed by atoms with van der Waals surface area (Å²) >= 11 is 11.8. The number of likely N-dealkylation sites (tertiary alicyclic amines) is 1. The van der Waals surface area contributed by atoms with Crippen LogP contribution in [-0.4, -0.2) is 41.1 Å². The molecule has 0 unspecified atom stereocenters. The number of rotatable bonds is 4. The predicted molar refractivity (Wildman–Crippen MR) is 76.8 cm³/mol. The van der Waals surface area contributed by atoms with E-state index in [1.807, 2.05) is 4.90 Å². The van der Waals surface area contributed by atoms with Gasteiger partial charge in [0.05, 0.1) is 16.3 Å². The van der Waals surface area contributed by atoms with Crippen molar-refractivity contribution in [3.05, 3.63) is 28.2 Å². The first-order chi connectivity index (χ1) is 8.85. The van der Waals surface area contributed by atoms with Crippen molar-refractivity contribution in [3.8, 4) is 0 Å². The second-order valence-corrected chi connectivity index (χ2v) is 5.97. The fourth-order valence-electron chi connectivity index (χ4n) is 2.14. The first-order valence-electron chi connectivity index (χ1n) is 6.05. The summed E-state index contributed by atoms with van der Waals surface area (Å²) in [6, 6.07) is 4.93. The van der Waals surface area contributed by atoms with E-state index >= 15 is 0 Å². The molecule has 6 heteroatoms. The molecule has 1 aliphatic heterocycles. The van der Waals surface area contributed by atoms with Crippen LogP contribution in [0.2, 0.25) is 10.0 Å². The van der Waals surface area contributed by atoms with Crippen molar-refractivity contribution in [1.82, 2.24) is 4.90 Å². The van der Waals surface area contributed by atoms with Crippen LogP contribution in [0, 0.1) is 0 Å². The number of halogens is 2. The van der Waals surface area contributed by atoms with Crippen molar-refractivity contribution in [1.29, 1.82) is 0 Å². The van der Waals surface area contributed by atoms with Crippen LogP contribution < -0.4 is 5.32 Å². The van der Waals surface area contributed by atoms with Crippen LogP contribution in [0.25, 0.3) is 0 Å². The number of carbonyl (C=O) groups is 1. The maximum absolute atomic E-state index is 11.8.